The third-order valence-corrected chi connectivity index (χ3v) is 6.31. The van der Waals surface area contributed by atoms with Crippen molar-refractivity contribution in [2.75, 3.05) is 5.75 Å². The summed E-state index contributed by atoms with van der Waals surface area (Å²) in [5.41, 5.74) is 3.47. The summed E-state index contributed by atoms with van der Waals surface area (Å²) in [5, 5.41) is 23.0. The van der Waals surface area contributed by atoms with Crippen molar-refractivity contribution >= 4 is 23.9 Å². The van der Waals surface area contributed by atoms with E-state index in [-0.39, 0.29) is 5.75 Å². The minimum absolute atomic E-state index is 0.0543. The van der Waals surface area contributed by atoms with Crippen molar-refractivity contribution in [3.8, 4) is 0 Å². The lowest BCUT2D eigenvalue weighted by atomic mass is 9.89. The summed E-state index contributed by atoms with van der Waals surface area (Å²) < 4.78 is 4.08. The van der Waals surface area contributed by atoms with E-state index in [4.69, 9.17) is 10.2 Å². The van der Waals surface area contributed by atoms with Gasteiger partial charge < -0.3 is 9.67 Å². The highest BCUT2D eigenvalue weighted by Crippen LogP contribution is 2.33. The second-order valence-electron chi connectivity index (χ2n) is 8.25. The molecule has 0 atom stereocenters. The Morgan fingerprint density at radius 2 is 2.03 bits per heavy atom. The molecular weight excluding hydrogens is 386 g/mol. The van der Waals surface area contributed by atoms with Gasteiger partial charge in [0.15, 0.2) is 5.82 Å². The highest BCUT2D eigenvalue weighted by Gasteiger charge is 2.24. The molecule has 2 aromatic heterocycles. The lowest BCUT2D eigenvalue weighted by molar-refractivity contribution is -0.133. The van der Waals surface area contributed by atoms with Crippen LogP contribution in [0, 0.1) is 19.8 Å². The van der Waals surface area contributed by atoms with Crippen LogP contribution in [0.2, 0.25) is 0 Å². The van der Waals surface area contributed by atoms with Crippen LogP contribution >= 0.6 is 11.8 Å². The first-order valence-electron chi connectivity index (χ1n) is 10.4. The predicted molar refractivity (Wildman–Crippen MR) is 116 cm³/mol. The van der Waals surface area contributed by atoms with Gasteiger partial charge in [0, 0.05) is 29.4 Å². The van der Waals surface area contributed by atoms with Crippen LogP contribution in [0.3, 0.4) is 0 Å². The Kier molecular flexibility index (Phi) is 7.16. The van der Waals surface area contributed by atoms with Gasteiger partial charge in [-0.25, -0.2) is 0 Å². The van der Waals surface area contributed by atoms with Gasteiger partial charge >= 0.3 is 5.97 Å². The van der Waals surface area contributed by atoms with Crippen LogP contribution in [0.4, 0.5) is 0 Å². The minimum Gasteiger partial charge on any atom is -0.481 e. The molecular formula is C21H31N5O2S. The summed E-state index contributed by atoms with van der Waals surface area (Å²) in [6.45, 7) is 9.64. The van der Waals surface area contributed by atoms with Gasteiger partial charge in [0.2, 0.25) is 5.16 Å². The van der Waals surface area contributed by atoms with E-state index in [2.05, 4.69) is 48.5 Å². The third kappa shape index (κ3) is 5.29. The number of carboxylic acid groups (broad SMARTS) is 1. The van der Waals surface area contributed by atoms with Gasteiger partial charge in [0.25, 0.3) is 0 Å². The van der Waals surface area contributed by atoms with Gasteiger partial charge in [-0.15, -0.1) is 10.2 Å². The molecule has 0 unspecified atom stereocenters. The highest BCUT2D eigenvalue weighted by molar-refractivity contribution is 7.99. The smallest absolute Gasteiger partial charge is 0.313 e. The molecule has 3 rings (SSSR count). The van der Waals surface area contributed by atoms with E-state index in [1.807, 2.05) is 6.21 Å². The Labute approximate surface area is 176 Å². The number of nitrogens with zero attached hydrogens (tertiary/aromatic N) is 5. The molecule has 0 radical (unpaired) electrons. The lowest BCUT2D eigenvalue weighted by Crippen LogP contribution is -2.11. The number of thioether (sulfide) groups is 1. The fourth-order valence-corrected chi connectivity index (χ4v) is 4.56. The highest BCUT2D eigenvalue weighted by atomic mass is 32.2. The van der Waals surface area contributed by atoms with Crippen LogP contribution in [0.25, 0.3) is 0 Å². The first-order chi connectivity index (χ1) is 13.9. The average molecular weight is 418 g/mol. The van der Waals surface area contributed by atoms with Gasteiger partial charge in [-0.1, -0.05) is 44.9 Å². The van der Waals surface area contributed by atoms with Crippen molar-refractivity contribution in [3.63, 3.8) is 0 Å². The SMILES string of the molecule is Cc1cc(C=Nn2c(SCC(=O)O)nnc2C2CCCCC2)c(C)n1CC(C)C. The second kappa shape index (κ2) is 9.61. The number of aliphatic carboxylic acids is 1. The predicted octanol–water partition coefficient (Wildman–Crippen LogP) is 4.46. The molecule has 29 heavy (non-hydrogen) atoms. The maximum absolute atomic E-state index is 11.0. The Morgan fingerprint density at radius 1 is 1.31 bits per heavy atom. The van der Waals surface area contributed by atoms with Crippen molar-refractivity contribution < 1.29 is 9.90 Å². The van der Waals surface area contributed by atoms with Crippen molar-refractivity contribution in [2.45, 2.75) is 77.4 Å². The topological polar surface area (TPSA) is 85.3 Å². The number of aryl methyl sites for hydroxylation is 1. The molecule has 0 saturated heterocycles. The van der Waals surface area contributed by atoms with E-state index in [0.717, 1.165) is 30.8 Å². The van der Waals surface area contributed by atoms with E-state index >= 15 is 0 Å². The lowest BCUT2D eigenvalue weighted by Gasteiger charge is -2.20. The summed E-state index contributed by atoms with van der Waals surface area (Å²) in [5.74, 6) is 0.830. The van der Waals surface area contributed by atoms with Crippen LogP contribution in [0.5, 0.6) is 0 Å². The maximum atomic E-state index is 11.0. The first kappa shape index (κ1) is 21.6. The van der Waals surface area contributed by atoms with E-state index in [9.17, 15) is 4.79 Å². The number of hydrogen-bond acceptors (Lipinski definition) is 5. The molecule has 0 bridgehead atoms. The second-order valence-corrected chi connectivity index (χ2v) is 9.19. The number of carboxylic acids is 1. The first-order valence-corrected chi connectivity index (χ1v) is 11.4. The van der Waals surface area contributed by atoms with Crippen molar-refractivity contribution in [2.24, 2.45) is 11.0 Å². The van der Waals surface area contributed by atoms with Crippen LogP contribution in [-0.2, 0) is 11.3 Å². The molecule has 1 fully saturated rings. The Morgan fingerprint density at radius 3 is 2.69 bits per heavy atom. The standard InChI is InChI=1S/C21H31N5O2S/c1-14(2)12-25-15(3)10-18(16(25)4)11-22-26-20(17-8-6-5-7-9-17)23-24-21(26)29-13-19(27)28/h10-11,14,17H,5-9,12-13H2,1-4H3,(H,27,28). The Bertz CT molecular complexity index is 878. The van der Waals surface area contributed by atoms with Crippen molar-refractivity contribution in [3.05, 3.63) is 28.8 Å². The largest absolute Gasteiger partial charge is 0.481 e. The van der Waals surface area contributed by atoms with Crippen LogP contribution < -0.4 is 0 Å². The summed E-state index contributed by atoms with van der Waals surface area (Å²) in [6, 6.07) is 2.15. The number of aromatic nitrogens is 4. The van der Waals surface area contributed by atoms with Crippen molar-refractivity contribution in [1.29, 1.82) is 0 Å². The Balaban J connectivity index is 1.91. The third-order valence-electron chi connectivity index (χ3n) is 5.40. The monoisotopic (exact) mass is 417 g/mol. The molecule has 7 nitrogen and oxygen atoms in total. The molecule has 0 amide bonds. The summed E-state index contributed by atoms with van der Waals surface area (Å²) >= 11 is 1.17. The molecule has 2 heterocycles. The van der Waals surface area contributed by atoms with Gasteiger partial charge in [0.1, 0.15) is 0 Å². The van der Waals surface area contributed by atoms with Crippen LogP contribution in [-0.4, -0.2) is 42.5 Å². The molecule has 1 aliphatic carbocycles. The summed E-state index contributed by atoms with van der Waals surface area (Å²) in [6.07, 6.45) is 7.67. The quantitative estimate of drug-likeness (QED) is 0.506. The fourth-order valence-electron chi connectivity index (χ4n) is 3.94. The molecule has 1 saturated carbocycles. The molecule has 8 heteroatoms. The zero-order valence-corrected chi connectivity index (χ0v) is 18.6. The molecule has 0 aliphatic heterocycles. The summed E-state index contributed by atoms with van der Waals surface area (Å²) in [7, 11) is 0. The number of hydrogen-bond donors (Lipinski definition) is 1. The van der Waals surface area contributed by atoms with Gasteiger partial charge in [-0.05, 0) is 38.7 Å². The fraction of sp³-hybridized carbons (Fsp3) is 0.619. The van der Waals surface area contributed by atoms with E-state index in [0.29, 0.717) is 17.0 Å². The van der Waals surface area contributed by atoms with Gasteiger partial charge in [-0.2, -0.15) is 9.78 Å². The molecule has 0 spiro atoms. The Hall–Kier alpha value is -2.09. The van der Waals surface area contributed by atoms with Crippen molar-refractivity contribution in [1.82, 2.24) is 19.4 Å². The molecule has 1 aliphatic rings. The van der Waals surface area contributed by atoms with Crippen LogP contribution in [0.1, 0.15) is 74.6 Å². The maximum Gasteiger partial charge on any atom is 0.313 e. The van der Waals surface area contributed by atoms with Gasteiger partial charge in [0.05, 0.1) is 12.0 Å². The van der Waals surface area contributed by atoms with Gasteiger partial charge in [-0.3, -0.25) is 4.79 Å². The average Bonchev–Trinajstić information content (AvgIpc) is 3.20. The zero-order valence-electron chi connectivity index (χ0n) is 17.8. The molecule has 1 N–H and O–H groups in total. The minimum atomic E-state index is -0.870. The zero-order chi connectivity index (χ0) is 21.0. The normalized spacial score (nSPS) is 15.6. The number of carbonyl (C=O) groups is 1. The number of rotatable bonds is 8. The molecule has 158 valence electrons. The molecule has 0 aromatic carbocycles. The van der Waals surface area contributed by atoms with E-state index in [1.54, 1.807) is 4.68 Å². The summed E-state index contributed by atoms with van der Waals surface area (Å²) in [4.78, 5) is 11.0. The van der Waals surface area contributed by atoms with E-state index < -0.39 is 5.97 Å². The molecule has 2 aromatic rings. The van der Waals surface area contributed by atoms with Crippen LogP contribution in [0.15, 0.2) is 16.3 Å². The van der Waals surface area contributed by atoms with E-state index in [1.165, 1.54) is 42.4 Å².